The molecule has 0 saturated heterocycles. The Bertz CT molecular complexity index is 532. The standard InChI is InChI=1S/C17H27N3O2/c1-13(2)10-19(14(3)21)12-17(22)20(15-7-8-15)11-16-6-5-9-18(16)4/h5-6,9,13,15H,7-8,10-12H2,1-4H3. The van der Waals surface area contributed by atoms with E-state index in [0.29, 0.717) is 25.0 Å². The van der Waals surface area contributed by atoms with Crippen LogP contribution in [0.15, 0.2) is 18.3 Å². The molecule has 1 aliphatic rings. The van der Waals surface area contributed by atoms with E-state index in [2.05, 4.69) is 13.8 Å². The third-order valence-electron chi connectivity index (χ3n) is 4.05. The highest BCUT2D eigenvalue weighted by Gasteiger charge is 2.33. The van der Waals surface area contributed by atoms with E-state index in [9.17, 15) is 9.59 Å². The molecule has 2 rings (SSSR count). The second-order valence-corrected chi connectivity index (χ2v) is 6.66. The lowest BCUT2D eigenvalue weighted by atomic mass is 10.2. The maximum absolute atomic E-state index is 12.7. The molecule has 22 heavy (non-hydrogen) atoms. The number of amides is 2. The number of carbonyl (C=O) groups excluding carboxylic acids is 2. The van der Waals surface area contributed by atoms with Gasteiger partial charge < -0.3 is 14.4 Å². The van der Waals surface area contributed by atoms with Crippen molar-refractivity contribution in [2.75, 3.05) is 13.1 Å². The fourth-order valence-corrected chi connectivity index (χ4v) is 2.64. The third kappa shape index (κ3) is 4.36. The van der Waals surface area contributed by atoms with Crippen molar-refractivity contribution < 1.29 is 9.59 Å². The van der Waals surface area contributed by atoms with Crippen LogP contribution >= 0.6 is 0 Å². The zero-order chi connectivity index (χ0) is 16.3. The molecule has 0 N–H and O–H groups in total. The summed E-state index contributed by atoms with van der Waals surface area (Å²) in [5.41, 5.74) is 1.12. The summed E-state index contributed by atoms with van der Waals surface area (Å²) in [7, 11) is 1.99. The van der Waals surface area contributed by atoms with Crippen molar-refractivity contribution in [1.82, 2.24) is 14.4 Å². The van der Waals surface area contributed by atoms with Crippen molar-refractivity contribution in [1.29, 1.82) is 0 Å². The van der Waals surface area contributed by atoms with Crippen LogP contribution in [0.2, 0.25) is 0 Å². The van der Waals surface area contributed by atoms with Gasteiger partial charge in [0, 0.05) is 38.4 Å². The highest BCUT2D eigenvalue weighted by Crippen LogP contribution is 2.28. The molecule has 0 aliphatic heterocycles. The average molecular weight is 305 g/mol. The summed E-state index contributed by atoms with van der Waals surface area (Å²) in [5, 5.41) is 0. The van der Waals surface area contributed by atoms with Crippen molar-refractivity contribution in [3.63, 3.8) is 0 Å². The quantitative estimate of drug-likeness (QED) is 0.773. The van der Waals surface area contributed by atoms with E-state index in [4.69, 9.17) is 0 Å². The lowest BCUT2D eigenvalue weighted by Crippen LogP contribution is -2.44. The molecule has 1 heterocycles. The molecule has 1 aromatic rings. The zero-order valence-corrected chi connectivity index (χ0v) is 14.1. The average Bonchev–Trinajstić information content (AvgIpc) is 3.18. The Hall–Kier alpha value is -1.78. The highest BCUT2D eigenvalue weighted by molar-refractivity contribution is 5.84. The van der Waals surface area contributed by atoms with Crippen LogP contribution < -0.4 is 0 Å². The van der Waals surface area contributed by atoms with Gasteiger partial charge in [-0.05, 0) is 30.9 Å². The summed E-state index contributed by atoms with van der Waals surface area (Å²) in [6.07, 6.45) is 4.13. The minimum absolute atomic E-state index is 0.0309. The van der Waals surface area contributed by atoms with E-state index in [1.807, 2.05) is 34.8 Å². The number of carbonyl (C=O) groups is 2. The summed E-state index contributed by atoms with van der Waals surface area (Å²) in [5.74, 6) is 0.384. The number of hydrogen-bond donors (Lipinski definition) is 0. The second kappa shape index (κ2) is 6.99. The first-order valence-electron chi connectivity index (χ1n) is 8.03. The highest BCUT2D eigenvalue weighted by atomic mass is 16.2. The molecule has 0 spiro atoms. The van der Waals surface area contributed by atoms with Crippen LogP contribution in [0.3, 0.4) is 0 Å². The largest absolute Gasteiger partial charge is 0.353 e. The van der Waals surface area contributed by atoms with Crippen LogP contribution in [0.1, 0.15) is 39.3 Å². The maximum Gasteiger partial charge on any atom is 0.242 e. The predicted molar refractivity (Wildman–Crippen MR) is 86.1 cm³/mol. The number of nitrogens with zero attached hydrogens (tertiary/aromatic N) is 3. The fourth-order valence-electron chi connectivity index (χ4n) is 2.64. The summed E-state index contributed by atoms with van der Waals surface area (Å²) in [6, 6.07) is 4.38. The lowest BCUT2D eigenvalue weighted by Gasteiger charge is -2.28. The Morgan fingerprint density at radius 1 is 1.36 bits per heavy atom. The molecule has 0 bridgehead atoms. The molecule has 1 fully saturated rings. The van der Waals surface area contributed by atoms with Crippen LogP contribution in [0.4, 0.5) is 0 Å². The Labute approximate surface area is 132 Å². The van der Waals surface area contributed by atoms with Crippen molar-refractivity contribution in [2.24, 2.45) is 13.0 Å². The van der Waals surface area contributed by atoms with E-state index in [-0.39, 0.29) is 18.4 Å². The van der Waals surface area contributed by atoms with Crippen molar-refractivity contribution in [2.45, 2.75) is 46.2 Å². The van der Waals surface area contributed by atoms with Crippen LogP contribution in [-0.2, 0) is 23.2 Å². The van der Waals surface area contributed by atoms with Gasteiger partial charge in [0.2, 0.25) is 11.8 Å². The van der Waals surface area contributed by atoms with Gasteiger partial charge >= 0.3 is 0 Å². The fraction of sp³-hybridized carbons (Fsp3) is 0.647. The topological polar surface area (TPSA) is 45.6 Å². The number of hydrogen-bond acceptors (Lipinski definition) is 2. The molecule has 5 heteroatoms. The summed E-state index contributed by atoms with van der Waals surface area (Å²) < 4.78 is 2.04. The first kappa shape index (κ1) is 16.6. The van der Waals surface area contributed by atoms with Crippen molar-refractivity contribution in [3.8, 4) is 0 Å². The number of rotatable bonds is 7. The molecule has 0 unspecified atom stereocenters. The monoisotopic (exact) mass is 305 g/mol. The first-order valence-corrected chi connectivity index (χ1v) is 8.03. The Morgan fingerprint density at radius 2 is 2.05 bits per heavy atom. The zero-order valence-electron chi connectivity index (χ0n) is 14.1. The second-order valence-electron chi connectivity index (χ2n) is 6.66. The molecule has 0 radical (unpaired) electrons. The van der Waals surface area contributed by atoms with E-state index in [1.54, 1.807) is 4.90 Å². The van der Waals surface area contributed by atoms with Gasteiger partial charge in [-0.1, -0.05) is 13.8 Å². The molecule has 1 aliphatic carbocycles. The maximum atomic E-state index is 12.7. The van der Waals surface area contributed by atoms with Crippen LogP contribution in [0.25, 0.3) is 0 Å². The smallest absolute Gasteiger partial charge is 0.242 e. The van der Waals surface area contributed by atoms with Crippen LogP contribution in [0, 0.1) is 5.92 Å². The number of aromatic nitrogens is 1. The number of aryl methyl sites for hydroxylation is 1. The third-order valence-corrected chi connectivity index (χ3v) is 4.05. The molecule has 5 nitrogen and oxygen atoms in total. The van der Waals surface area contributed by atoms with Crippen LogP contribution in [-0.4, -0.2) is 45.3 Å². The van der Waals surface area contributed by atoms with Gasteiger partial charge in [-0.25, -0.2) is 0 Å². The first-order chi connectivity index (χ1) is 10.4. The molecular formula is C17H27N3O2. The van der Waals surface area contributed by atoms with Crippen molar-refractivity contribution >= 4 is 11.8 Å². The van der Waals surface area contributed by atoms with E-state index < -0.39 is 0 Å². The minimum atomic E-state index is -0.0309. The van der Waals surface area contributed by atoms with Gasteiger partial charge in [-0.2, -0.15) is 0 Å². The van der Waals surface area contributed by atoms with E-state index in [1.165, 1.54) is 6.92 Å². The molecule has 1 aromatic heterocycles. The predicted octanol–water partition coefficient (Wildman–Crippen LogP) is 2.02. The molecule has 2 amide bonds. The normalized spacial score (nSPS) is 14.2. The lowest BCUT2D eigenvalue weighted by molar-refractivity contribution is -0.140. The Morgan fingerprint density at radius 3 is 2.50 bits per heavy atom. The van der Waals surface area contributed by atoms with Gasteiger partial charge in [0.05, 0.1) is 13.1 Å². The van der Waals surface area contributed by atoms with Crippen LogP contribution in [0.5, 0.6) is 0 Å². The van der Waals surface area contributed by atoms with E-state index >= 15 is 0 Å². The summed E-state index contributed by atoms with van der Waals surface area (Å²) in [4.78, 5) is 28.0. The van der Waals surface area contributed by atoms with E-state index in [0.717, 1.165) is 18.5 Å². The summed E-state index contributed by atoms with van der Waals surface area (Å²) >= 11 is 0. The van der Waals surface area contributed by atoms with Gasteiger partial charge in [0.15, 0.2) is 0 Å². The van der Waals surface area contributed by atoms with Gasteiger partial charge in [0.25, 0.3) is 0 Å². The Balaban J connectivity index is 2.03. The van der Waals surface area contributed by atoms with Gasteiger partial charge in [-0.15, -0.1) is 0 Å². The Kier molecular flexibility index (Phi) is 5.27. The SMILES string of the molecule is CC(=O)N(CC(=O)N(Cc1cccn1C)C1CC1)CC(C)C. The summed E-state index contributed by atoms with van der Waals surface area (Å²) in [6.45, 7) is 7.10. The van der Waals surface area contributed by atoms with Gasteiger partial charge in [0.1, 0.15) is 0 Å². The molecule has 1 saturated carbocycles. The molecule has 0 atom stereocenters. The molecule has 0 aromatic carbocycles. The van der Waals surface area contributed by atoms with Crippen molar-refractivity contribution in [3.05, 3.63) is 24.0 Å². The van der Waals surface area contributed by atoms with Gasteiger partial charge in [-0.3, -0.25) is 9.59 Å². The minimum Gasteiger partial charge on any atom is -0.353 e. The molecule has 122 valence electrons. The molecular weight excluding hydrogens is 278 g/mol.